The molecule has 0 atom stereocenters. The highest BCUT2D eigenvalue weighted by Gasteiger charge is 2.36. The quantitative estimate of drug-likeness (QED) is 0.420. The molecule has 1 amide bonds. The van der Waals surface area contributed by atoms with Crippen LogP contribution < -0.4 is 21.1 Å². The van der Waals surface area contributed by atoms with Crippen LogP contribution in [0.3, 0.4) is 0 Å². The van der Waals surface area contributed by atoms with Crippen LogP contribution in [-0.2, 0) is 6.18 Å². The van der Waals surface area contributed by atoms with Crippen molar-refractivity contribution < 1.29 is 27.1 Å². The summed E-state index contributed by atoms with van der Waals surface area (Å²) >= 11 is 0. The summed E-state index contributed by atoms with van der Waals surface area (Å²) in [6, 6.07) is 6.93. The van der Waals surface area contributed by atoms with Crippen molar-refractivity contribution in [2.45, 2.75) is 25.1 Å². The smallest absolute Gasteiger partial charge is 0.420 e. The normalized spacial score (nSPS) is 16.6. The molecule has 2 aromatic rings. The van der Waals surface area contributed by atoms with Gasteiger partial charge in [0.2, 0.25) is 0 Å². The number of halogens is 4. The van der Waals surface area contributed by atoms with Crippen molar-refractivity contribution in [2.75, 3.05) is 32.0 Å². The molecule has 194 valence electrons. The molecule has 1 saturated heterocycles. The average molecular weight is 515 g/mol. The molecule has 10 heteroatoms. The number of carbonyl (C=O) groups excluding carboxylic acids is 1. The van der Waals surface area contributed by atoms with Gasteiger partial charge in [0.15, 0.2) is 0 Å². The molecule has 2 aromatic carbocycles. The molecule has 1 fully saturated rings. The van der Waals surface area contributed by atoms with Crippen LogP contribution >= 0.6 is 0 Å². The van der Waals surface area contributed by atoms with Crippen LogP contribution in [0.25, 0.3) is 0 Å². The Balaban J connectivity index is 1.52. The number of likely N-dealkylation sites (tertiary alicyclic amines) is 1. The average Bonchev–Trinajstić information content (AvgIpc) is 2.86. The van der Waals surface area contributed by atoms with Gasteiger partial charge in [-0.3, -0.25) is 4.79 Å². The largest absolute Gasteiger partial charge is 0.490 e. The Hall–Kier alpha value is -3.97. The zero-order chi connectivity index (χ0) is 26.6. The number of ether oxygens (including phenoxy) is 1. The van der Waals surface area contributed by atoms with Crippen molar-refractivity contribution >= 4 is 11.6 Å². The first-order valence-electron chi connectivity index (χ1n) is 11.7. The van der Waals surface area contributed by atoms with Crippen molar-refractivity contribution in [1.82, 2.24) is 10.2 Å². The van der Waals surface area contributed by atoms with E-state index in [1.165, 1.54) is 24.3 Å². The first-order chi connectivity index (χ1) is 17.6. The van der Waals surface area contributed by atoms with Crippen molar-refractivity contribution in [3.63, 3.8) is 0 Å². The molecular formula is C27H26F4N4O2. The van der Waals surface area contributed by atoms with E-state index in [9.17, 15) is 22.4 Å². The second kappa shape index (κ2) is 11.0. The van der Waals surface area contributed by atoms with Crippen molar-refractivity contribution in [3.05, 3.63) is 82.5 Å². The van der Waals surface area contributed by atoms with E-state index in [4.69, 9.17) is 10.5 Å². The van der Waals surface area contributed by atoms with Crippen molar-refractivity contribution in [3.8, 4) is 17.6 Å². The minimum atomic E-state index is -4.68. The van der Waals surface area contributed by atoms with Gasteiger partial charge in [0.25, 0.3) is 5.91 Å². The molecule has 0 aromatic heterocycles. The fourth-order valence-electron chi connectivity index (χ4n) is 3.95. The lowest BCUT2D eigenvalue weighted by Crippen LogP contribution is -2.36. The van der Waals surface area contributed by atoms with Crippen molar-refractivity contribution in [2.24, 2.45) is 5.73 Å². The molecule has 0 spiro atoms. The zero-order valence-electron chi connectivity index (χ0n) is 20.1. The lowest BCUT2D eigenvalue weighted by atomic mass is 10.1. The lowest BCUT2D eigenvalue weighted by Gasteiger charge is -2.30. The number of nitrogens with zero attached hydrogens (tertiary/aromatic N) is 1. The van der Waals surface area contributed by atoms with E-state index in [0.29, 0.717) is 30.8 Å². The molecule has 37 heavy (non-hydrogen) atoms. The number of anilines is 1. The fraction of sp³-hybridized carbons (Fsp3) is 0.296. The molecule has 2 aliphatic heterocycles. The number of piperidine rings is 1. The maximum absolute atomic E-state index is 14.3. The molecule has 0 unspecified atom stereocenters. The number of allylic oxidation sites excluding steroid dienone is 2. The van der Waals surface area contributed by atoms with Gasteiger partial charge in [-0.05, 0) is 62.4 Å². The molecule has 0 saturated carbocycles. The number of nitrogens with one attached hydrogen (secondary N) is 2. The van der Waals surface area contributed by atoms with E-state index in [2.05, 4.69) is 27.4 Å². The minimum Gasteiger partial charge on any atom is -0.490 e. The van der Waals surface area contributed by atoms with Gasteiger partial charge < -0.3 is 26.0 Å². The third kappa shape index (κ3) is 6.62. The lowest BCUT2D eigenvalue weighted by molar-refractivity contribution is -0.139. The molecule has 0 bridgehead atoms. The minimum absolute atomic E-state index is 0.0326. The summed E-state index contributed by atoms with van der Waals surface area (Å²) < 4.78 is 61.3. The Bertz CT molecular complexity index is 1300. The summed E-state index contributed by atoms with van der Waals surface area (Å²) in [6.07, 6.45) is -0.246. The van der Waals surface area contributed by atoms with Gasteiger partial charge in [-0.2, -0.15) is 13.2 Å². The Kier molecular flexibility index (Phi) is 7.74. The number of amides is 1. The molecule has 4 rings (SSSR count). The molecule has 0 aliphatic carbocycles. The first kappa shape index (κ1) is 26.1. The third-order valence-electron chi connectivity index (χ3n) is 6.05. The molecule has 6 nitrogen and oxygen atoms in total. The number of benzene rings is 2. The Morgan fingerprint density at radius 2 is 1.92 bits per heavy atom. The van der Waals surface area contributed by atoms with E-state index >= 15 is 0 Å². The topological polar surface area (TPSA) is 79.6 Å². The summed E-state index contributed by atoms with van der Waals surface area (Å²) in [5.74, 6) is 4.12. The molecule has 2 aliphatic rings. The predicted octanol–water partition coefficient (Wildman–Crippen LogP) is 4.25. The number of dihydropyridines is 1. The SMILES string of the molecule is CN1CCC(Oc2ccc(NC(=O)c3ccc(F)c(C#CC4=C(N)NCC=C4)c3)cc2C(F)(F)F)CC1. The molecule has 0 radical (unpaired) electrons. The second-order valence-corrected chi connectivity index (χ2v) is 8.84. The number of carbonyl (C=O) groups is 1. The van der Waals surface area contributed by atoms with Crippen LogP contribution in [0.15, 0.2) is 59.9 Å². The highest BCUT2D eigenvalue weighted by Crippen LogP contribution is 2.39. The van der Waals surface area contributed by atoms with Crippen LogP contribution in [0, 0.1) is 17.7 Å². The number of hydrogen-bond donors (Lipinski definition) is 3. The van der Waals surface area contributed by atoms with Gasteiger partial charge in [0.05, 0.1) is 16.7 Å². The van der Waals surface area contributed by atoms with Crippen LogP contribution in [0.1, 0.15) is 34.3 Å². The van der Waals surface area contributed by atoms with Gasteiger partial charge in [-0.25, -0.2) is 4.39 Å². The van der Waals surface area contributed by atoms with Gasteiger partial charge in [-0.15, -0.1) is 0 Å². The van der Waals surface area contributed by atoms with Crippen LogP contribution in [-0.4, -0.2) is 43.6 Å². The van der Waals surface area contributed by atoms with E-state index in [1.807, 2.05) is 7.05 Å². The Morgan fingerprint density at radius 1 is 1.16 bits per heavy atom. The standard InChI is InChI=1S/C27H26F4N4O2/c1-35-13-10-21(11-14-35)37-24-9-7-20(16-22(24)27(29,30)31)34-26(36)19-6-8-23(28)18(15-19)5-4-17-3-2-12-33-25(17)32/h2-3,6-9,15-16,21,33H,10-14,32H2,1H3,(H,34,36). The molecular weight excluding hydrogens is 488 g/mol. The number of hydrogen-bond acceptors (Lipinski definition) is 5. The highest BCUT2D eigenvalue weighted by atomic mass is 19.4. The molecule has 4 N–H and O–H groups in total. The first-order valence-corrected chi connectivity index (χ1v) is 11.7. The summed E-state index contributed by atoms with van der Waals surface area (Å²) in [5, 5.41) is 5.35. The molecule has 2 heterocycles. The van der Waals surface area contributed by atoms with Gasteiger partial charge >= 0.3 is 6.18 Å². The van der Waals surface area contributed by atoms with Gasteiger partial charge in [-0.1, -0.05) is 17.9 Å². The Labute approximate surface area is 212 Å². The summed E-state index contributed by atoms with van der Waals surface area (Å²) in [7, 11) is 1.95. The van der Waals surface area contributed by atoms with Crippen molar-refractivity contribution in [1.29, 1.82) is 0 Å². The van der Waals surface area contributed by atoms with Crippen LogP contribution in [0.4, 0.5) is 23.2 Å². The second-order valence-electron chi connectivity index (χ2n) is 8.84. The van der Waals surface area contributed by atoms with E-state index in [-0.39, 0.29) is 28.7 Å². The summed E-state index contributed by atoms with van der Waals surface area (Å²) in [5.41, 5.74) is 5.23. The number of rotatable bonds is 4. The summed E-state index contributed by atoms with van der Waals surface area (Å²) in [4.78, 5) is 14.9. The van der Waals surface area contributed by atoms with Gasteiger partial charge in [0, 0.05) is 30.9 Å². The number of alkyl halides is 3. The maximum Gasteiger partial charge on any atom is 0.420 e. The third-order valence-corrected chi connectivity index (χ3v) is 6.05. The Morgan fingerprint density at radius 3 is 2.62 bits per heavy atom. The van der Waals surface area contributed by atoms with Crippen LogP contribution in [0.5, 0.6) is 5.75 Å². The summed E-state index contributed by atoms with van der Waals surface area (Å²) in [6.45, 7) is 2.04. The van der Waals surface area contributed by atoms with E-state index < -0.39 is 23.5 Å². The van der Waals surface area contributed by atoms with Gasteiger partial charge in [0.1, 0.15) is 23.5 Å². The fourth-order valence-corrected chi connectivity index (χ4v) is 3.95. The predicted molar refractivity (Wildman–Crippen MR) is 132 cm³/mol. The van der Waals surface area contributed by atoms with E-state index in [0.717, 1.165) is 25.2 Å². The maximum atomic E-state index is 14.3. The monoisotopic (exact) mass is 514 g/mol. The number of nitrogens with two attached hydrogens (primary N) is 1. The zero-order valence-corrected chi connectivity index (χ0v) is 20.1. The highest BCUT2D eigenvalue weighted by molar-refractivity contribution is 6.04. The van der Waals surface area contributed by atoms with E-state index in [1.54, 1.807) is 12.2 Å². The van der Waals surface area contributed by atoms with Crippen LogP contribution in [0.2, 0.25) is 0 Å².